The Balaban J connectivity index is 1.88. The Hall–Kier alpha value is -1.88. The SMILES string of the molecule is CC(CCC(=O)NC=O)c1ccc(N2CCNCC2)cc1. The lowest BCUT2D eigenvalue weighted by atomic mass is 9.96. The van der Waals surface area contributed by atoms with Crippen LogP contribution in [0.1, 0.15) is 31.2 Å². The van der Waals surface area contributed by atoms with E-state index in [2.05, 4.69) is 46.7 Å². The second-order valence-electron chi connectivity index (χ2n) is 5.45. The molecule has 2 amide bonds. The fraction of sp³-hybridized carbons (Fsp3) is 0.500. The molecule has 0 aromatic heterocycles. The van der Waals surface area contributed by atoms with E-state index in [9.17, 15) is 9.59 Å². The van der Waals surface area contributed by atoms with Crippen LogP contribution in [0.3, 0.4) is 0 Å². The van der Waals surface area contributed by atoms with E-state index in [0.29, 0.717) is 18.7 Å². The number of benzene rings is 1. The Morgan fingerprint density at radius 3 is 2.62 bits per heavy atom. The predicted molar refractivity (Wildman–Crippen MR) is 83.4 cm³/mol. The smallest absolute Gasteiger partial charge is 0.226 e. The summed E-state index contributed by atoms with van der Waals surface area (Å²) >= 11 is 0. The van der Waals surface area contributed by atoms with Gasteiger partial charge in [-0.15, -0.1) is 0 Å². The molecule has 0 saturated carbocycles. The lowest BCUT2D eigenvalue weighted by Crippen LogP contribution is -2.43. The van der Waals surface area contributed by atoms with E-state index in [1.54, 1.807) is 0 Å². The largest absolute Gasteiger partial charge is 0.369 e. The van der Waals surface area contributed by atoms with Crippen molar-refractivity contribution in [1.82, 2.24) is 10.6 Å². The molecule has 2 N–H and O–H groups in total. The average Bonchev–Trinajstić information content (AvgIpc) is 2.54. The van der Waals surface area contributed by atoms with Crippen LogP contribution in [0, 0.1) is 0 Å². The third-order valence-corrected chi connectivity index (χ3v) is 3.97. The Morgan fingerprint density at radius 2 is 2.00 bits per heavy atom. The average molecular weight is 289 g/mol. The molecule has 1 saturated heterocycles. The van der Waals surface area contributed by atoms with Gasteiger partial charge < -0.3 is 10.2 Å². The highest BCUT2D eigenvalue weighted by molar-refractivity contribution is 5.85. The standard InChI is InChI=1S/C16H23N3O2/c1-13(2-7-16(21)18-12-20)14-3-5-15(6-4-14)19-10-8-17-9-11-19/h3-6,12-13,17H,2,7-11H2,1H3,(H,18,20,21). The zero-order valence-corrected chi connectivity index (χ0v) is 12.5. The number of nitrogens with one attached hydrogen (secondary N) is 2. The molecule has 1 aliphatic rings. The van der Waals surface area contributed by atoms with E-state index in [0.717, 1.165) is 32.6 Å². The number of rotatable bonds is 6. The molecule has 0 aliphatic carbocycles. The number of nitrogens with zero attached hydrogens (tertiary/aromatic N) is 1. The van der Waals surface area contributed by atoms with Crippen LogP contribution in [-0.2, 0) is 9.59 Å². The van der Waals surface area contributed by atoms with E-state index in [4.69, 9.17) is 0 Å². The summed E-state index contributed by atoms with van der Waals surface area (Å²) in [5, 5.41) is 5.52. The Labute approximate surface area is 125 Å². The van der Waals surface area contributed by atoms with Gasteiger partial charge in [-0.2, -0.15) is 0 Å². The van der Waals surface area contributed by atoms with Gasteiger partial charge in [-0.05, 0) is 30.0 Å². The molecule has 5 nitrogen and oxygen atoms in total. The van der Waals surface area contributed by atoms with Crippen molar-refractivity contribution < 1.29 is 9.59 Å². The summed E-state index contributed by atoms with van der Waals surface area (Å²) in [7, 11) is 0. The van der Waals surface area contributed by atoms with Gasteiger partial charge in [-0.25, -0.2) is 0 Å². The Kier molecular flexibility index (Phi) is 5.75. The van der Waals surface area contributed by atoms with Gasteiger partial charge in [-0.1, -0.05) is 19.1 Å². The normalized spacial score (nSPS) is 16.3. The second-order valence-corrected chi connectivity index (χ2v) is 5.45. The van der Waals surface area contributed by atoms with E-state index < -0.39 is 0 Å². The number of amides is 2. The van der Waals surface area contributed by atoms with Gasteiger partial charge in [-0.3, -0.25) is 14.9 Å². The highest BCUT2D eigenvalue weighted by atomic mass is 16.2. The molecule has 21 heavy (non-hydrogen) atoms. The topological polar surface area (TPSA) is 61.4 Å². The number of anilines is 1. The maximum atomic E-state index is 11.3. The van der Waals surface area contributed by atoms with E-state index in [1.807, 2.05) is 0 Å². The first-order valence-electron chi connectivity index (χ1n) is 7.49. The minimum Gasteiger partial charge on any atom is -0.369 e. The van der Waals surface area contributed by atoms with Crippen LogP contribution in [0.5, 0.6) is 0 Å². The number of carbonyl (C=O) groups is 2. The lowest BCUT2D eigenvalue weighted by Gasteiger charge is -2.29. The summed E-state index contributed by atoms with van der Waals surface area (Å²) in [6, 6.07) is 8.59. The third-order valence-electron chi connectivity index (χ3n) is 3.97. The number of hydrogen-bond donors (Lipinski definition) is 2. The van der Waals surface area contributed by atoms with Crippen LogP contribution in [0.4, 0.5) is 5.69 Å². The zero-order valence-electron chi connectivity index (χ0n) is 12.5. The second kappa shape index (κ2) is 7.78. The third kappa shape index (κ3) is 4.56. The van der Waals surface area contributed by atoms with Crippen molar-refractivity contribution in [1.29, 1.82) is 0 Å². The van der Waals surface area contributed by atoms with Gasteiger partial charge in [0.25, 0.3) is 0 Å². The summed E-state index contributed by atoms with van der Waals surface area (Å²) in [5.74, 6) is 0.0914. The molecule has 1 heterocycles. The monoisotopic (exact) mass is 289 g/mol. The molecule has 0 bridgehead atoms. The molecule has 0 spiro atoms. The molecule has 1 aliphatic heterocycles. The maximum Gasteiger partial charge on any atom is 0.226 e. The molecule has 1 fully saturated rings. The number of imide groups is 1. The van der Waals surface area contributed by atoms with Gasteiger partial charge in [0.15, 0.2) is 0 Å². The highest BCUT2D eigenvalue weighted by Gasteiger charge is 2.12. The number of hydrogen-bond acceptors (Lipinski definition) is 4. The van der Waals surface area contributed by atoms with Gasteiger partial charge >= 0.3 is 0 Å². The van der Waals surface area contributed by atoms with Crippen molar-refractivity contribution in [3.05, 3.63) is 29.8 Å². The molecule has 2 rings (SSSR count). The summed E-state index contributed by atoms with van der Waals surface area (Å²) in [6.07, 6.45) is 1.56. The summed E-state index contributed by atoms with van der Waals surface area (Å²) in [4.78, 5) is 23.8. The fourth-order valence-corrected chi connectivity index (χ4v) is 2.59. The Morgan fingerprint density at radius 1 is 1.33 bits per heavy atom. The summed E-state index contributed by atoms with van der Waals surface area (Å²) in [5.41, 5.74) is 2.49. The van der Waals surface area contributed by atoms with Crippen LogP contribution >= 0.6 is 0 Å². The first-order valence-corrected chi connectivity index (χ1v) is 7.49. The van der Waals surface area contributed by atoms with Crippen molar-refractivity contribution >= 4 is 18.0 Å². The molecular formula is C16H23N3O2. The van der Waals surface area contributed by atoms with Crippen LogP contribution in [0.2, 0.25) is 0 Å². The minimum absolute atomic E-state index is 0.214. The molecule has 1 aromatic rings. The number of piperazine rings is 1. The molecular weight excluding hydrogens is 266 g/mol. The lowest BCUT2D eigenvalue weighted by molar-refractivity contribution is -0.125. The van der Waals surface area contributed by atoms with Crippen LogP contribution < -0.4 is 15.5 Å². The number of carbonyl (C=O) groups excluding carboxylic acids is 2. The molecule has 1 aromatic carbocycles. The quantitative estimate of drug-likeness (QED) is 0.774. The van der Waals surface area contributed by atoms with Crippen molar-refractivity contribution in [3.8, 4) is 0 Å². The predicted octanol–water partition coefficient (Wildman–Crippen LogP) is 1.25. The van der Waals surface area contributed by atoms with Crippen LogP contribution in [0.15, 0.2) is 24.3 Å². The molecule has 5 heteroatoms. The van der Waals surface area contributed by atoms with Crippen molar-refractivity contribution in [2.75, 3.05) is 31.1 Å². The van der Waals surface area contributed by atoms with Crippen LogP contribution in [-0.4, -0.2) is 38.5 Å². The van der Waals surface area contributed by atoms with E-state index >= 15 is 0 Å². The highest BCUT2D eigenvalue weighted by Crippen LogP contribution is 2.24. The molecule has 0 radical (unpaired) electrons. The molecule has 114 valence electrons. The van der Waals surface area contributed by atoms with Gasteiger partial charge in [0, 0.05) is 38.3 Å². The van der Waals surface area contributed by atoms with Crippen LogP contribution in [0.25, 0.3) is 0 Å². The molecule has 1 unspecified atom stereocenters. The fourth-order valence-electron chi connectivity index (χ4n) is 2.59. The minimum atomic E-state index is -0.214. The van der Waals surface area contributed by atoms with E-state index in [-0.39, 0.29) is 5.91 Å². The van der Waals surface area contributed by atoms with Crippen molar-refractivity contribution in [2.24, 2.45) is 0 Å². The van der Waals surface area contributed by atoms with E-state index in [1.165, 1.54) is 11.3 Å². The van der Waals surface area contributed by atoms with Crippen molar-refractivity contribution in [3.63, 3.8) is 0 Å². The summed E-state index contributed by atoms with van der Waals surface area (Å²) < 4.78 is 0. The maximum absolute atomic E-state index is 11.3. The first kappa shape index (κ1) is 15.5. The molecule has 1 atom stereocenters. The first-order chi connectivity index (χ1) is 10.2. The van der Waals surface area contributed by atoms with Gasteiger partial charge in [0.1, 0.15) is 0 Å². The Bertz CT molecular complexity index is 467. The zero-order chi connectivity index (χ0) is 15.1. The van der Waals surface area contributed by atoms with Gasteiger partial charge in [0.05, 0.1) is 0 Å². The van der Waals surface area contributed by atoms with Gasteiger partial charge in [0.2, 0.25) is 12.3 Å². The summed E-state index contributed by atoms with van der Waals surface area (Å²) in [6.45, 7) is 6.25. The van der Waals surface area contributed by atoms with Crippen molar-refractivity contribution in [2.45, 2.75) is 25.7 Å².